The van der Waals surface area contributed by atoms with Gasteiger partial charge < -0.3 is 19.7 Å². The van der Waals surface area contributed by atoms with Gasteiger partial charge in [-0.3, -0.25) is 0 Å². The number of ether oxygens (including phenoxy) is 2. The lowest BCUT2D eigenvalue weighted by molar-refractivity contribution is 0.229. The third-order valence-corrected chi connectivity index (χ3v) is 5.97. The van der Waals surface area contributed by atoms with Gasteiger partial charge in [0.2, 0.25) is 5.89 Å². The molecule has 5 rings (SSSR count). The normalized spacial score (nSPS) is 28.2. The summed E-state index contributed by atoms with van der Waals surface area (Å²) in [6.45, 7) is 4.77. The van der Waals surface area contributed by atoms with Gasteiger partial charge in [0.1, 0.15) is 17.6 Å². The summed E-state index contributed by atoms with van der Waals surface area (Å²) in [6, 6.07) is 4.30. The van der Waals surface area contributed by atoms with Crippen molar-refractivity contribution >= 4 is 0 Å². The lowest BCUT2D eigenvalue weighted by Crippen LogP contribution is -2.44. The second-order valence-corrected chi connectivity index (χ2v) is 7.98. The molecule has 0 radical (unpaired) electrons. The Kier molecular flexibility index (Phi) is 3.54. The van der Waals surface area contributed by atoms with Gasteiger partial charge in [0, 0.05) is 29.4 Å². The topological polar surface area (TPSA) is 83.4 Å². The summed E-state index contributed by atoms with van der Waals surface area (Å²) in [4.78, 5) is 4.63. The van der Waals surface area contributed by atoms with E-state index in [4.69, 9.17) is 19.7 Å². The lowest BCUT2D eigenvalue weighted by Gasteiger charge is -2.34. The zero-order chi connectivity index (χ0) is 17.9. The van der Waals surface area contributed by atoms with E-state index in [0.717, 1.165) is 43.6 Å². The first-order chi connectivity index (χ1) is 12.6. The third-order valence-electron chi connectivity index (χ3n) is 5.97. The second-order valence-electron chi connectivity index (χ2n) is 7.98. The number of benzene rings is 1. The molecule has 1 aromatic carbocycles. The Bertz CT molecular complexity index is 843. The molecule has 0 amide bonds. The fourth-order valence-corrected chi connectivity index (χ4v) is 4.21. The van der Waals surface area contributed by atoms with Gasteiger partial charge in [-0.2, -0.15) is 4.98 Å². The van der Waals surface area contributed by atoms with Crippen LogP contribution in [0, 0.1) is 0 Å². The molecule has 138 valence electrons. The van der Waals surface area contributed by atoms with Gasteiger partial charge in [0.05, 0.1) is 12.1 Å². The fraction of sp³-hybridized carbons (Fsp3) is 0.600. The van der Waals surface area contributed by atoms with Crippen LogP contribution in [0.15, 0.2) is 16.7 Å². The molecule has 2 N–H and O–H groups in total. The highest BCUT2D eigenvalue weighted by Gasteiger charge is 2.47. The average Bonchev–Trinajstić information content (AvgIpc) is 3.06. The molecule has 0 saturated heterocycles. The molecule has 2 aromatic rings. The van der Waals surface area contributed by atoms with Crippen molar-refractivity contribution in [2.75, 3.05) is 6.61 Å². The Morgan fingerprint density at radius 2 is 2.15 bits per heavy atom. The van der Waals surface area contributed by atoms with Crippen LogP contribution in [0.3, 0.4) is 0 Å². The van der Waals surface area contributed by atoms with Crippen LogP contribution in [-0.2, 0) is 12.0 Å². The quantitative estimate of drug-likeness (QED) is 0.885. The van der Waals surface area contributed by atoms with E-state index < -0.39 is 0 Å². The van der Waals surface area contributed by atoms with E-state index >= 15 is 0 Å². The number of nitrogens with zero attached hydrogens (tertiary/aromatic N) is 2. The van der Waals surface area contributed by atoms with Crippen molar-refractivity contribution in [2.24, 2.45) is 5.73 Å². The van der Waals surface area contributed by atoms with Crippen LogP contribution in [0.4, 0.5) is 0 Å². The van der Waals surface area contributed by atoms with Crippen LogP contribution < -0.4 is 15.2 Å². The van der Waals surface area contributed by atoms with Crippen LogP contribution in [0.5, 0.6) is 11.5 Å². The van der Waals surface area contributed by atoms with Crippen molar-refractivity contribution in [1.82, 2.24) is 10.1 Å². The van der Waals surface area contributed by atoms with Crippen molar-refractivity contribution in [3.63, 3.8) is 0 Å². The Morgan fingerprint density at radius 1 is 1.31 bits per heavy atom. The van der Waals surface area contributed by atoms with Gasteiger partial charge in [-0.25, -0.2) is 0 Å². The molecule has 0 spiro atoms. The Balaban J connectivity index is 1.41. The highest BCUT2D eigenvalue weighted by Crippen LogP contribution is 2.57. The molecule has 3 atom stereocenters. The minimum Gasteiger partial charge on any atom is -0.494 e. The summed E-state index contributed by atoms with van der Waals surface area (Å²) >= 11 is 0. The largest absolute Gasteiger partial charge is 0.494 e. The molecule has 6 nitrogen and oxygen atoms in total. The van der Waals surface area contributed by atoms with Crippen LogP contribution >= 0.6 is 0 Å². The lowest BCUT2D eigenvalue weighted by atomic mass is 9.77. The summed E-state index contributed by atoms with van der Waals surface area (Å²) in [5.74, 6) is 3.91. The number of hydrogen-bond acceptors (Lipinski definition) is 6. The summed E-state index contributed by atoms with van der Waals surface area (Å²) in [5.41, 5.74) is 8.37. The van der Waals surface area contributed by atoms with Crippen molar-refractivity contribution in [3.8, 4) is 11.5 Å². The maximum absolute atomic E-state index is 6.32. The van der Waals surface area contributed by atoms with E-state index in [9.17, 15) is 0 Å². The van der Waals surface area contributed by atoms with Gasteiger partial charge >= 0.3 is 0 Å². The molecule has 3 unspecified atom stereocenters. The molecular formula is C20H25N3O3. The van der Waals surface area contributed by atoms with Crippen LogP contribution in [-0.4, -0.2) is 22.9 Å². The average molecular weight is 355 g/mol. The Hall–Kier alpha value is -2.08. The maximum atomic E-state index is 6.32. The van der Waals surface area contributed by atoms with Gasteiger partial charge in [0.25, 0.3) is 0 Å². The number of hydrogen-bond donors (Lipinski definition) is 1. The van der Waals surface area contributed by atoms with E-state index in [0.29, 0.717) is 24.2 Å². The highest BCUT2D eigenvalue weighted by atomic mass is 16.5. The van der Waals surface area contributed by atoms with Crippen molar-refractivity contribution in [3.05, 3.63) is 35.0 Å². The summed E-state index contributed by atoms with van der Waals surface area (Å²) in [6.07, 6.45) is 5.18. The van der Waals surface area contributed by atoms with E-state index in [1.165, 1.54) is 11.1 Å². The van der Waals surface area contributed by atoms with Crippen molar-refractivity contribution < 1.29 is 14.0 Å². The predicted octanol–water partition coefficient (Wildman–Crippen LogP) is 3.40. The summed E-state index contributed by atoms with van der Waals surface area (Å²) < 4.78 is 17.4. The van der Waals surface area contributed by atoms with Gasteiger partial charge in [0.15, 0.2) is 5.82 Å². The molecule has 2 fully saturated rings. The minimum atomic E-state index is -0.375. The second kappa shape index (κ2) is 5.71. The molecule has 6 heteroatoms. The maximum Gasteiger partial charge on any atom is 0.230 e. The molecule has 2 heterocycles. The molecule has 1 aromatic heterocycles. The SMILES string of the molecule is CCOc1cc2c(cc1C1CC1c1nc(C3(N)CCC3)no1)OC(C)C2. The first-order valence-electron chi connectivity index (χ1n) is 9.66. The first-order valence-corrected chi connectivity index (χ1v) is 9.66. The molecular weight excluding hydrogens is 330 g/mol. The van der Waals surface area contributed by atoms with Crippen LogP contribution in [0.2, 0.25) is 0 Å². The van der Waals surface area contributed by atoms with E-state index in [2.05, 4.69) is 29.2 Å². The minimum absolute atomic E-state index is 0.228. The molecule has 2 saturated carbocycles. The van der Waals surface area contributed by atoms with Gasteiger partial charge in [-0.1, -0.05) is 5.16 Å². The van der Waals surface area contributed by atoms with E-state index in [1.807, 2.05) is 6.92 Å². The Labute approximate surface area is 153 Å². The fourth-order valence-electron chi connectivity index (χ4n) is 4.21. The third kappa shape index (κ3) is 2.50. The van der Waals surface area contributed by atoms with Crippen LogP contribution in [0.1, 0.15) is 74.2 Å². The number of fused-ring (bicyclic) bond motifs is 1. The molecule has 2 aliphatic carbocycles. The monoisotopic (exact) mass is 355 g/mol. The Morgan fingerprint density at radius 3 is 2.88 bits per heavy atom. The smallest absolute Gasteiger partial charge is 0.230 e. The first kappa shape index (κ1) is 16.1. The van der Waals surface area contributed by atoms with Crippen LogP contribution in [0.25, 0.3) is 0 Å². The molecule has 26 heavy (non-hydrogen) atoms. The van der Waals surface area contributed by atoms with Gasteiger partial charge in [-0.15, -0.1) is 0 Å². The predicted molar refractivity (Wildman–Crippen MR) is 95.5 cm³/mol. The summed E-state index contributed by atoms with van der Waals surface area (Å²) in [5, 5.41) is 4.16. The molecule has 1 aliphatic heterocycles. The van der Waals surface area contributed by atoms with Crippen molar-refractivity contribution in [1.29, 1.82) is 0 Å². The number of nitrogens with two attached hydrogens (primary N) is 1. The number of aromatic nitrogens is 2. The van der Waals surface area contributed by atoms with Gasteiger partial charge in [-0.05, 0) is 51.7 Å². The number of rotatable bonds is 5. The van der Waals surface area contributed by atoms with E-state index in [-0.39, 0.29) is 17.6 Å². The van der Waals surface area contributed by atoms with E-state index in [1.54, 1.807) is 0 Å². The standard InChI is InChI=1S/C20H25N3O3/c1-3-24-17-8-12-7-11(2)25-16(12)10-14(17)13-9-15(13)18-22-19(23-26-18)20(21)5-4-6-20/h8,10-11,13,15H,3-7,9,21H2,1-2H3. The summed E-state index contributed by atoms with van der Waals surface area (Å²) in [7, 11) is 0. The highest BCUT2D eigenvalue weighted by molar-refractivity contribution is 5.52. The zero-order valence-electron chi connectivity index (χ0n) is 15.3. The van der Waals surface area contributed by atoms with Crippen molar-refractivity contribution in [2.45, 2.75) is 69.4 Å². The molecule has 3 aliphatic rings. The molecule has 0 bridgehead atoms. The zero-order valence-corrected chi connectivity index (χ0v) is 15.3.